The molecule has 4 N–H and O–H groups in total. The average molecular weight is 330 g/mol. The Kier molecular flexibility index (Phi) is 6.34. The molecule has 0 bridgehead atoms. The summed E-state index contributed by atoms with van der Waals surface area (Å²) in [6.45, 7) is 2.56. The number of hydrogen-bond acceptors (Lipinski definition) is 5. The van der Waals surface area contributed by atoms with Gasteiger partial charge in [-0.2, -0.15) is 0 Å². The van der Waals surface area contributed by atoms with E-state index in [2.05, 4.69) is 10.0 Å². The standard InChI is InChI=1S/C14H22N2O5S/c1-14(2,10-17)12(18)13(19)15-8-9-22(20,21)16-11-6-4-3-5-7-11/h3-7,12,16-18H,8-10H2,1-2H3,(H,15,19)/t12-/m1/s1. The van der Waals surface area contributed by atoms with E-state index >= 15 is 0 Å². The number of benzene rings is 1. The van der Waals surface area contributed by atoms with Crippen LogP contribution in [0.1, 0.15) is 13.8 Å². The summed E-state index contributed by atoms with van der Waals surface area (Å²) < 4.78 is 26.1. The second kappa shape index (κ2) is 7.57. The summed E-state index contributed by atoms with van der Waals surface area (Å²) >= 11 is 0. The van der Waals surface area contributed by atoms with Gasteiger partial charge in [0.25, 0.3) is 0 Å². The number of carbonyl (C=O) groups excluding carboxylic acids is 1. The summed E-state index contributed by atoms with van der Waals surface area (Å²) in [5.74, 6) is -1.03. The number of aliphatic hydroxyl groups is 2. The van der Waals surface area contributed by atoms with Gasteiger partial charge in [-0.1, -0.05) is 32.0 Å². The lowest BCUT2D eigenvalue weighted by molar-refractivity contribution is -0.136. The first kappa shape index (κ1) is 18.4. The molecule has 0 heterocycles. The van der Waals surface area contributed by atoms with Crippen LogP contribution in [0.4, 0.5) is 5.69 Å². The maximum Gasteiger partial charge on any atom is 0.249 e. The molecule has 0 aliphatic heterocycles. The molecule has 0 aromatic heterocycles. The molecule has 7 nitrogen and oxygen atoms in total. The van der Waals surface area contributed by atoms with E-state index in [1.165, 1.54) is 13.8 Å². The highest BCUT2D eigenvalue weighted by Gasteiger charge is 2.32. The zero-order valence-electron chi connectivity index (χ0n) is 12.6. The van der Waals surface area contributed by atoms with Crippen LogP contribution in [0.2, 0.25) is 0 Å². The Morgan fingerprint density at radius 3 is 2.41 bits per heavy atom. The maximum absolute atomic E-state index is 11.8. The SMILES string of the molecule is CC(C)(CO)[C@H](O)C(=O)NCCS(=O)(=O)Nc1ccccc1. The smallest absolute Gasteiger partial charge is 0.249 e. The summed E-state index contributed by atoms with van der Waals surface area (Å²) in [5.41, 5.74) is -0.555. The fourth-order valence-electron chi connectivity index (χ4n) is 1.58. The van der Waals surface area contributed by atoms with Gasteiger partial charge < -0.3 is 15.5 Å². The predicted octanol–water partition coefficient (Wildman–Crippen LogP) is -0.0761. The van der Waals surface area contributed by atoms with E-state index < -0.39 is 27.4 Å². The molecule has 124 valence electrons. The van der Waals surface area contributed by atoms with Crippen molar-refractivity contribution in [3.8, 4) is 0 Å². The Balaban J connectivity index is 2.48. The molecule has 1 aromatic rings. The number of aliphatic hydroxyl groups excluding tert-OH is 2. The number of carbonyl (C=O) groups is 1. The molecule has 0 unspecified atom stereocenters. The van der Waals surface area contributed by atoms with Gasteiger partial charge in [-0.3, -0.25) is 9.52 Å². The number of hydrogen-bond donors (Lipinski definition) is 4. The molecule has 0 saturated carbocycles. The van der Waals surface area contributed by atoms with E-state index in [9.17, 15) is 18.3 Å². The molecular formula is C14H22N2O5S. The minimum atomic E-state index is -3.59. The quantitative estimate of drug-likeness (QED) is 0.532. The highest BCUT2D eigenvalue weighted by atomic mass is 32.2. The molecule has 0 radical (unpaired) electrons. The molecule has 1 aromatic carbocycles. The van der Waals surface area contributed by atoms with Crippen molar-refractivity contribution >= 4 is 21.6 Å². The van der Waals surface area contributed by atoms with E-state index in [1.54, 1.807) is 30.3 Å². The monoisotopic (exact) mass is 330 g/mol. The third-order valence-electron chi connectivity index (χ3n) is 3.11. The first-order valence-electron chi connectivity index (χ1n) is 6.80. The highest BCUT2D eigenvalue weighted by Crippen LogP contribution is 2.19. The first-order chi connectivity index (χ1) is 10.2. The van der Waals surface area contributed by atoms with Gasteiger partial charge in [0.1, 0.15) is 6.10 Å². The zero-order chi connectivity index (χ0) is 16.8. The maximum atomic E-state index is 11.8. The molecule has 0 saturated heterocycles. The van der Waals surface area contributed by atoms with Gasteiger partial charge in [0, 0.05) is 17.6 Å². The zero-order valence-corrected chi connectivity index (χ0v) is 13.4. The second-order valence-corrected chi connectivity index (χ2v) is 7.47. The van der Waals surface area contributed by atoms with Crippen molar-refractivity contribution in [3.05, 3.63) is 30.3 Å². The van der Waals surface area contributed by atoms with Gasteiger partial charge in [0.15, 0.2) is 0 Å². The minimum Gasteiger partial charge on any atom is -0.396 e. The Morgan fingerprint density at radius 1 is 1.27 bits per heavy atom. The fourth-order valence-corrected chi connectivity index (χ4v) is 2.55. The average Bonchev–Trinajstić information content (AvgIpc) is 2.46. The molecular weight excluding hydrogens is 308 g/mol. The molecule has 8 heteroatoms. The summed E-state index contributed by atoms with van der Waals surface area (Å²) in [6.07, 6.45) is -1.41. The Morgan fingerprint density at radius 2 is 1.86 bits per heavy atom. The Hall–Kier alpha value is -1.64. The van der Waals surface area contributed by atoms with Gasteiger partial charge in [0.2, 0.25) is 15.9 Å². The van der Waals surface area contributed by atoms with Crippen molar-refractivity contribution in [1.29, 1.82) is 0 Å². The summed E-state index contributed by atoms with van der Waals surface area (Å²) in [4.78, 5) is 11.7. The van der Waals surface area contributed by atoms with Crippen molar-refractivity contribution in [2.75, 3.05) is 23.6 Å². The lowest BCUT2D eigenvalue weighted by Crippen LogP contribution is -2.46. The van der Waals surface area contributed by atoms with Crippen LogP contribution < -0.4 is 10.0 Å². The molecule has 0 fully saturated rings. The van der Waals surface area contributed by atoms with E-state index in [0.29, 0.717) is 5.69 Å². The van der Waals surface area contributed by atoms with Gasteiger partial charge in [-0.25, -0.2) is 8.42 Å². The molecule has 0 aliphatic carbocycles. The van der Waals surface area contributed by atoms with Crippen molar-refractivity contribution in [3.63, 3.8) is 0 Å². The van der Waals surface area contributed by atoms with E-state index in [1.807, 2.05) is 0 Å². The fraction of sp³-hybridized carbons (Fsp3) is 0.500. The second-order valence-electron chi connectivity index (χ2n) is 5.63. The number of rotatable bonds is 8. The summed E-state index contributed by atoms with van der Waals surface area (Å²) in [5, 5.41) is 21.2. The first-order valence-corrected chi connectivity index (χ1v) is 8.45. The third-order valence-corrected chi connectivity index (χ3v) is 4.40. The lowest BCUT2D eigenvalue weighted by atomic mass is 9.87. The molecule has 1 atom stereocenters. The van der Waals surface area contributed by atoms with Crippen LogP contribution in [-0.2, 0) is 14.8 Å². The van der Waals surface area contributed by atoms with E-state index in [-0.39, 0.29) is 18.9 Å². The van der Waals surface area contributed by atoms with Gasteiger partial charge in [-0.05, 0) is 12.1 Å². The topological polar surface area (TPSA) is 116 Å². The highest BCUT2D eigenvalue weighted by molar-refractivity contribution is 7.92. The number of nitrogens with one attached hydrogen (secondary N) is 2. The van der Waals surface area contributed by atoms with Crippen LogP contribution in [0.15, 0.2) is 30.3 Å². The van der Waals surface area contributed by atoms with Crippen molar-refractivity contribution in [2.45, 2.75) is 20.0 Å². The largest absolute Gasteiger partial charge is 0.396 e. The third kappa shape index (κ3) is 5.63. The molecule has 0 spiro atoms. The Labute approximate surface area is 130 Å². The van der Waals surface area contributed by atoms with Crippen molar-refractivity contribution in [1.82, 2.24) is 5.32 Å². The number of amides is 1. The van der Waals surface area contributed by atoms with Crippen molar-refractivity contribution < 1.29 is 23.4 Å². The summed E-state index contributed by atoms with van der Waals surface area (Å²) in [6, 6.07) is 8.40. The van der Waals surface area contributed by atoms with Gasteiger partial charge in [-0.15, -0.1) is 0 Å². The molecule has 1 rings (SSSR count). The predicted molar refractivity (Wildman–Crippen MR) is 83.7 cm³/mol. The minimum absolute atomic E-state index is 0.139. The molecule has 1 amide bonds. The number of sulfonamides is 1. The van der Waals surface area contributed by atoms with Gasteiger partial charge >= 0.3 is 0 Å². The number of anilines is 1. The van der Waals surface area contributed by atoms with Gasteiger partial charge in [0.05, 0.1) is 12.4 Å². The molecule has 0 aliphatic rings. The Bertz CT molecular complexity index is 587. The normalized spacial score (nSPS) is 13.5. The van der Waals surface area contributed by atoms with Crippen molar-refractivity contribution in [2.24, 2.45) is 5.41 Å². The van der Waals surface area contributed by atoms with Crippen LogP contribution in [0.5, 0.6) is 0 Å². The van der Waals surface area contributed by atoms with Crippen LogP contribution in [0, 0.1) is 5.41 Å². The number of para-hydroxylation sites is 1. The van der Waals surface area contributed by atoms with Crippen LogP contribution in [0.3, 0.4) is 0 Å². The van der Waals surface area contributed by atoms with E-state index in [0.717, 1.165) is 0 Å². The molecule has 22 heavy (non-hydrogen) atoms. The van der Waals surface area contributed by atoms with Crippen LogP contribution >= 0.6 is 0 Å². The van der Waals surface area contributed by atoms with Crippen LogP contribution in [0.25, 0.3) is 0 Å². The summed E-state index contributed by atoms with van der Waals surface area (Å²) in [7, 11) is -3.59. The lowest BCUT2D eigenvalue weighted by Gasteiger charge is -2.27. The van der Waals surface area contributed by atoms with Crippen LogP contribution in [-0.4, -0.2) is 49.5 Å². The van der Waals surface area contributed by atoms with E-state index in [4.69, 9.17) is 5.11 Å².